The van der Waals surface area contributed by atoms with Crippen LogP contribution in [0, 0.1) is 0 Å². The normalized spacial score (nSPS) is 17.9. The molecule has 0 aliphatic carbocycles. The molecule has 1 aromatic carbocycles. The molecular formula is C13H19BrClN3. The topological polar surface area (TPSA) is 18.5 Å². The van der Waals surface area contributed by atoms with Crippen molar-refractivity contribution in [2.75, 3.05) is 51.6 Å². The first-order chi connectivity index (χ1) is 8.65. The second-order valence-corrected chi connectivity index (χ2v) is 5.96. The molecule has 1 fully saturated rings. The maximum Gasteiger partial charge on any atom is 0.0568 e. The fourth-order valence-electron chi connectivity index (χ4n) is 2.04. The first-order valence-electron chi connectivity index (χ1n) is 6.25. The van der Waals surface area contributed by atoms with Crippen molar-refractivity contribution in [1.29, 1.82) is 0 Å². The summed E-state index contributed by atoms with van der Waals surface area (Å²) in [6, 6.07) is 5.97. The molecular weight excluding hydrogens is 314 g/mol. The van der Waals surface area contributed by atoms with Crippen LogP contribution in [-0.4, -0.2) is 56.1 Å². The summed E-state index contributed by atoms with van der Waals surface area (Å²) in [7, 11) is 2.18. The van der Waals surface area contributed by atoms with Crippen LogP contribution in [-0.2, 0) is 0 Å². The molecule has 0 unspecified atom stereocenters. The average Bonchev–Trinajstić information content (AvgIpc) is 2.36. The van der Waals surface area contributed by atoms with Crippen LogP contribution < -0.4 is 5.32 Å². The Morgan fingerprint density at radius 3 is 2.67 bits per heavy atom. The Bertz CT molecular complexity index is 392. The molecule has 0 radical (unpaired) electrons. The third-order valence-electron chi connectivity index (χ3n) is 3.27. The Morgan fingerprint density at radius 2 is 2.00 bits per heavy atom. The van der Waals surface area contributed by atoms with E-state index in [4.69, 9.17) is 11.6 Å². The standard InChI is InChI=1S/C13H19BrClN3/c1-17-6-8-18(9-7-17)5-4-16-11-2-3-12(14)13(15)10-11/h2-3,10,16H,4-9H2,1H3. The number of halogens is 2. The van der Waals surface area contributed by atoms with E-state index in [0.717, 1.165) is 28.3 Å². The highest BCUT2D eigenvalue weighted by atomic mass is 79.9. The number of anilines is 1. The molecule has 1 aromatic rings. The minimum Gasteiger partial charge on any atom is -0.384 e. The lowest BCUT2D eigenvalue weighted by molar-refractivity contribution is 0.158. The molecule has 0 aromatic heterocycles. The zero-order valence-corrected chi connectivity index (χ0v) is 13.0. The third kappa shape index (κ3) is 4.12. The highest BCUT2D eigenvalue weighted by molar-refractivity contribution is 9.10. The summed E-state index contributed by atoms with van der Waals surface area (Å²) in [5.41, 5.74) is 1.08. The first-order valence-corrected chi connectivity index (χ1v) is 7.42. The van der Waals surface area contributed by atoms with E-state index in [-0.39, 0.29) is 0 Å². The lowest BCUT2D eigenvalue weighted by atomic mass is 10.3. The number of nitrogens with zero attached hydrogens (tertiary/aromatic N) is 2. The molecule has 1 aliphatic heterocycles. The van der Waals surface area contributed by atoms with E-state index in [1.54, 1.807) is 0 Å². The van der Waals surface area contributed by atoms with E-state index < -0.39 is 0 Å². The molecule has 18 heavy (non-hydrogen) atoms. The molecule has 3 nitrogen and oxygen atoms in total. The number of likely N-dealkylation sites (N-methyl/N-ethyl adjacent to an activating group) is 1. The van der Waals surface area contributed by atoms with Crippen LogP contribution in [0.15, 0.2) is 22.7 Å². The van der Waals surface area contributed by atoms with E-state index in [1.165, 1.54) is 26.2 Å². The van der Waals surface area contributed by atoms with E-state index >= 15 is 0 Å². The Labute approximate surface area is 122 Å². The van der Waals surface area contributed by atoms with Crippen molar-refractivity contribution < 1.29 is 0 Å². The summed E-state index contributed by atoms with van der Waals surface area (Å²) in [5.74, 6) is 0. The lowest BCUT2D eigenvalue weighted by Crippen LogP contribution is -2.45. The number of piperazine rings is 1. The van der Waals surface area contributed by atoms with Gasteiger partial charge in [0.2, 0.25) is 0 Å². The zero-order valence-electron chi connectivity index (χ0n) is 10.6. The second-order valence-electron chi connectivity index (χ2n) is 4.70. The van der Waals surface area contributed by atoms with Gasteiger partial charge in [0.25, 0.3) is 0 Å². The molecule has 5 heteroatoms. The number of hydrogen-bond donors (Lipinski definition) is 1. The molecule has 0 amide bonds. The predicted octanol–water partition coefficient (Wildman–Crippen LogP) is 2.76. The predicted molar refractivity (Wildman–Crippen MR) is 81.6 cm³/mol. The van der Waals surface area contributed by atoms with Gasteiger partial charge in [-0.1, -0.05) is 11.6 Å². The van der Waals surface area contributed by atoms with Gasteiger partial charge in [0.15, 0.2) is 0 Å². The summed E-state index contributed by atoms with van der Waals surface area (Å²) in [6.45, 7) is 6.72. The van der Waals surface area contributed by atoms with Crippen molar-refractivity contribution in [3.8, 4) is 0 Å². The fraction of sp³-hybridized carbons (Fsp3) is 0.538. The molecule has 0 spiro atoms. The maximum atomic E-state index is 6.05. The number of rotatable bonds is 4. The van der Waals surface area contributed by atoms with Gasteiger partial charge in [0.1, 0.15) is 0 Å². The molecule has 1 heterocycles. The molecule has 0 saturated carbocycles. The molecule has 0 atom stereocenters. The van der Waals surface area contributed by atoms with Gasteiger partial charge in [-0.2, -0.15) is 0 Å². The summed E-state index contributed by atoms with van der Waals surface area (Å²) in [4.78, 5) is 4.87. The average molecular weight is 333 g/mol. The van der Waals surface area contributed by atoms with Crippen molar-refractivity contribution in [3.63, 3.8) is 0 Å². The zero-order chi connectivity index (χ0) is 13.0. The summed E-state index contributed by atoms with van der Waals surface area (Å²) < 4.78 is 0.939. The Morgan fingerprint density at radius 1 is 1.28 bits per heavy atom. The quantitative estimate of drug-likeness (QED) is 0.914. The first kappa shape index (κ1) is 14.1. The highest BCUT2D eigenvalue weighted by Crippen LogP contribution is 2.25. The maximum absolute atomic E-state index is 6.05. The van der Waals surface area contributed by atoms with Crippen molar-refractivity contribution in [3.05, 3.63) is 27.7 Å². The lowest BCUT2D eigenvalue weighted by Gasteiger charge is -2.32. The van der Waals surface area contributed by atoms with Crippen LogP contribution in [0.2, 0.25) is 5.02 Å². The SMILES string of the molecule is CN1CCN(CCNc2ccc(Br)c(Cl)c2)CC1. The minimum atomic E-state index is 0.750. The molecule has 1 aliphatic rings. The van der Waals surface area contributed by atoms with Gasteiger partial charge >= 0.3 is 0 Å². The molecule has 1 saturated heterocycles. The highest BCUT2D eigenvalue weighted by Gasteiger charge is 2.12. The minimum absolute atomic E-state index is 0.750. The Kier molecular flexibility index (Phi) is 5.30. The van der Waals surface area contributed by atoms with E-state index in [0.29, 0.717) is 0 Å². The largest absolute Gasteiger partial charge is 0.384 e. The molecule has 0 bridgehead atoms. The smallest absolute Gasteiger partial charge is 0.0568 e. The van der Waals surface area contributed by atoms with Crippen molar-refractivity contribution in [2.24, 2.45) is 0 Å². The van der Waals surface area contributed by atoms with Crippen LogP contribution in [0.5, 0.6) is 0 Å². The van der Waals surface area contributed by atoms with Crippen LogP contribution in [0.1, 0.15) is 0 Å². The summed E-state index contributed by atoms with van der Waals surface area (Å²) in [6.07, 6.45) is 0. The van der Waals surface area contributed by atoms with E-state index in [2.05, 4.69) is 38.1 Å². The summed E-state index contributed by atoms with van der Waals surface area (Å²) in [5, 5.41) is 4.16. The van der Waals surface area contributed by atoms with Gasteiger partial charge < -0.3 is 10.2 Å². The van der Waals surface area contributed by atoms with Crippen molar-refractivity contribution in [2.45, 2.75) is 0 Å². The van der Waals surface area contributed by atoms with Gasteiger partial charge in [-0.3, -0.25) is 4.90 Å². The number of nitrogens with one attached hydrogen (secondary N) is 1. The number of hydrogen-bond acceptors (Lipinski definition) is 3. The monoisotopic (exact) mass is 331 g/mol. The van der Waals surface area contributed by atoms with Crippen molar-refractivity contribution >= 4 is 33.2 Å². The van der Waals surface area contributed by atoms with Gasteiger partial charge in [-0.25, -0.2) is 0 Å². The summed E-state index contributed by atoms with van der Waals surface area (Å²) >= 11 is 9.45. The number of benzene rings is 1. The van der Waals surface area contributed by atoms with Crippen LogP contribution in [0.25, 0.3) is 0 Å². The van der Waals surface area contributed by atoms with Crippen molar-refractivity contribution in [1.82, 2.24) is 9.80 Å². The van der Waals surface area contributed by atoms with Gasteiger partial charge in [-0.15, -0.1) is 0 Å². The van der Waals surface area contributed by atoms with E-state index in [1.807, 2.05) is 18.2 Å². The van der Waals surface area contributed by atoms with Crippen LogP contribution >= 0.6 is 27.5 Å². The Hall–Kier alpha value is -0.290. The third-order valence-corrected chi connectivity index (χ3v) is 4.51. The molecule has 100 valence electrons. The van der Waals surface area contributed by atoms with Crippen LogP contribution in [0.4, 0.5) is 5.69 Å². The fourth-order valence-corrected chi connectivity index (χ4v) is 2.46. The van der Waals surface area contributed by atoms with Gasteiger partial charge in [-0.05, 0) is 41.2 Å². The molecule has 2 rings (SSSR count). The van der Waals surface area contributed by atoms with Gasteiger partial charge in [0, 0.05) is 49.4 Å². The van der Waals surface area contributed by atoms with Gasteiger partial charge in [0.05, 0.1) is 5.02 Å². The van der Waals surface area contributed by atoms with Crippen LogP contribution in [0.3, 0.4) is 0 Å². The van der Waals surface area contributed by atoms with E-state index in [9.17, 15) is 0 Å². The Balaban J connectivity index is 1.73. The second kappa shape index (κ2) is 6.75. The molecule has 1 N–H and O–H groups in total.